The molecular weight excluding hydrogens is 144 g/mol. The molecule has 0 heteroatoms. The van der Waals surface area contributed by atoms with Gasteiger partial charge in [-0.1, -0.05) is 36.5 Å². The molecule has 0 aromatic rings. The zero-order valence-electron chi connectivity index (χ0n) is 7.55. The molecule has 0 aromatic carbocycles. The Morgan fingerprint density at radius 2 is 1.50 bits per heavy atom. The van der Waals surface area contributed by atoms with Gasteiger partial charge in [0, 0.05) is 0 Å². The molecular formula is C12H16. The maximum Gasteiger partial charge on any atom is -0.00171 e. The Morgan fingerprint density at radius 3 is 2.00 bits per heavy atom. The van der Waals surface area contributed by atoms with E-state index >= 15 is 0 Å². The maximum absolute atomic E-state index is 4.14. The summed E-state index contributed by atoms with van der Waals surface area (Å²) in [4.78, 5) is 0. The summed E-state index contributed by atoms with van der Waals surface area (Å²) in [5.74, 6) is 1.32. The number of hydrogen-bond donors (Lipinski definition) is 0. The van der Waals surface area contributed by atoms with Crippen LogP contribution in [0.15, 0.2) is 36.5 Å². The minimum absolute atomic E-state index is 0.659. The third-order valence-corrected chi connectivity index (χ3v) is 3.13. The summed E-state index contributed by atoms with van der Waals surface area (Å²) in [7, 11) is 0. The maximum atomic E-state index is 4.14. The highest BCUT2D eigenvalue weighted by molar-refractivity contribution is 5.24. The van der Waals surface area contributed by atoms with Crippen molar-refractivity contribution >= 4 is 0 Å². The lowest BCUT2D eigenvalue weighted by Crippen LogP contribution is -2.06. The molecule has 0 aromatic heterocycles. The van der Waals surface area contributed by atoms with E-state index in [2.05, 4.69) is 25.3 Å². The summed E-state index contributed by atoms with van der Waals surface area (Å²) in [6.07, 6.45) is 9.54. The van der Waals surface area contributed by atoms with Crippen molar-refractivity contribution in [1.82, 2.24) is 0 Å². The Balaban J connectivity index is 2.18. The Morgan fingerprint density at radius 1 is 1.00 bits per heavy atom. The lowest BCUT2D eigenvalue weighted by molar-refractivity contribution is 0.553. The minimum atomic E-state index is 0.659. The van der Waals surface area contributed by atoms with E-state index in [4.69, 9.17) is 0 Å². The first-order valence-corrected chi connectivity index (χ1v) is 4.81. The molecule has 0 nitrogen and oxygen atoms in total. The van der Waals surface area contributed by atoms with Gasteiger partial charge in [-0.15, -0.1) is 0 Å². The van der Waals surface area contributed by atoms with Crippen LogP contribution in [0.1, 0.15) is 25.7 Å². The molecule has 2 atom stereocenters. The molecule has 12 heavy (non-hydrogen) atoms. The van der Waals surface area contributed by atoms with Crippen LogP contribution in [0.5, 0.6) is 0 Å². The zero-order chi connectivity index (χ0) is 8.55. The second-order valence-corrected chi connectivity index (χ2v) is 4.00. The van der Waals surface area contributed by atoms with Crippen LogP contribution < -0.4 is 0 Å². The highest BCUT2D eigenvalue weighted by Crippen LogP contribution is 2.38. The fraction of sp³-hybridized carbons (Fsp3) is 0.500. The first-order chi connectivity index (χ1) is 5.77. The van der Waals surface area contributed by atoms with Crippen molar-refractivity contribution in [2.24, 2.45) is 11.8 Å². The van der Waals surface area contributed by atoms with Crippen LogP contribution in [0.2, 0.25) is 0 Å². The van der Waals surface area contributed by atoms with E-state index in [0.717, 1.165) is 0 Å². The molecule has 0 aliphatic heterocycles. The second kappa shape index (κ2) is 2.93. The van der Waals surface area contributed by atoms with Crippen molar-refractivity contribution in [3.05, 3.63) is 36.5 Å². The average molecular weight is 160 g/mol. The standard InChI is InChI=1S/C12H16/c1-9-4-3-5-10(2)12-7-6-11(9)8-12/h6-7,11-12H,1-5,8H2/t11-,12+. The molecule has 2 aliphatic rings. The molecule has 0 heterocycles. The predicted octanol–water partition coefficient (Wildman–Crippen LogP) is 3.48. The van der Waals surface area contributed by atoms with Gasteiger partial charge < -0.3 is 0 Å². The minimum Gasteiger partial charge on any atom is -0.0993 e. The van der Waals surface area contributed by atoms with Crippen molar-refractivity contribution in [1.29, 1.82) is 0 Å². The summed E-state index contributed by atoms with van der Waals surface area (Å²) < 4.78 is 0. The smallest absolute Gasteiger partial charge is 0.00171 e. The van der Waals surface area contributed by atoms with Crippen LogP contribution in [0.25, 0.3) is 0 Å². The van der Waals surface area contributed by atoms with Gasteiger partial charge in [0.25, 0.3) is 0 Å². The van der Waals surface area contributed by atoms with E-state index in [1.165, 1.54) is 36.8 Å². The third kappa shape index (κ3) is 1.26. The fourth-order valence-electron chi connectivity index (χ4n) is 2.22. The molecule has 1 fully saturated rings. The van der Waals surface area contributed by atoms with Gasteiger partial charge in [0.1, 0.15) is 0 Å². The molecule has 0 saturated heterocycles. The first kappa shape index (κ1) is 7.85. The van der Waals surface area contributed by atoms with Gasteiger partial charge >= 0.3 is 0 Å². The topological polar surface area (TPSA) is 0 Å². The third-order valence-electron chi connectivity index (χ3n) is 3.13. The van der Waals surface area contributed by atoms with Crippen molar-refractivity contribution in [2.75, 3.05) is 0 Å². The van der Waals surface area contributed by atoms with Gasteiger partial charge in [0.15, 0.2) is 0 Å². The van der Waals surface area contributed by atoms with Gasteiger partial charge in [-0.3, -0.25) is 0 Å². The van der Waals surface area contributed by atoms with Crippen LogP contribution in [0.4, 0.5) is 0 Å². The Hall–Kier alpha value is -0.780. The molecule has 2 rings (SSSR count). The highest BCUT2D eigenvalue weighted by Gasteiger charge is 2.24. The molecule has 2 bridgehead atoms. The largest absolute Gasteiger partial charge is 0.0993 e. The molecule has 0 radical (unpaired) electrons. The number of hydrogen-bond acceptors (Lipinski definition) is 0. The first-order valence-electron chi connectivity index (χ1n) is 4.81. The Labute approximate surface area is 74.7 Å². The summed E-state index contributed by atoms with van der Waals surface area (Å²) in [5.41, 5.74) is 2.86. The molecule has 0 N–H and O–H groups in total. The molecule has 2 aliphatic carbocycles. The lowest BCUT2D eigenvalue weighted by atomic mass is 9.85. The summed E-state index contributed by atoms with van der Waals surface area (Å²) >= 11 is 0. The van der Waals surface area contributed by atoms with Gasteiger partial charge in [0.05, 0.1) is 0 Å². The quantitative estimate of drug-likeness (QED) is 0.476. The van der Waals surface area contributed by atoms with Crippen LogP contribution in [-0.4, -0.2) is 0 Å². The molecule has 0 unspecified atom stereocenters. The monoisotopic (exact) mass is 160 g/mol. The van der Waals surface area contributed by atoms with E-state index in [1.54, 1.807) is 0 Å². The van der Waals surface area contributed by atoms with Crippen molar-refractivity contribution in [3.63, 3.8) is 0 Å². The van der Waals surface area contributed by atoms with Crippen LogP contribution in [0, 0.1) is 11.8 Å². The van der Waals surface area contributed by atoms with Crippen LogP contribution >= 0.6 is 0 Å². The highest BCUT2D eigenvalue weighted by atomic mass is 14.3. The molecule has 1 saturated carbocycles. The summed E-state index contributed by atoms with van der Waals surface area (Å²) in [6, 6.07) is 0. The summed E-state index contributed by atoms with van der Waals surface area (Å²) in [5, 5.41) is 0. The lowest BCUT2D eigenvalue weighted by Gasteiger charge is -2.20. The predicted molar refractivity (Wildman–Crippen MR) is 52.9 cm³/mol. The number of allylic oxidation sites excluding steroid dienone is 4. The second-order valence-electron chi connectivity index (χ2n) is 4.00. The van der Waals surface area contributed by atoms with E-state index < -0.39 is 0 Å². The van der Waals surface area contributed by atoms with Gasteiger partial charge in [-0.25, -0.2) is 0 Å². The summed E-state index contributed by atoms with van der Waals surface area (Å²) in [6.45, 7) is 8.28. The van der Waals surface area contributed by atoms with Gasteiger partial charge in [-0.05, 0) is 37.5 Å². The normalized spacial score (nSPS) is 35.0. The van der Waals surface area contributed by atoms with E-state index in [9.17, 15) is 0 Å². The number of rotatable bonds is 0. The van der Waals surface area contributed by atoms with E-state index in [0.29, 0.717) is 11.8 Å². The van der Waals surface area contributed by atoms with Gasteiger partial charge in [-0.2, -0.15) is 0 Å². The zero-order valence-corrected chi connectivity index (χ0v) is 7.55. The van der Waals surface area contributed by atoms with Crippen molar-refractivity contribution in [3.8, 4) is 0 Å². The fourth-order valence-corrected chi connectivity index (χ4v) is 2.22. The van der Waals surface area contributed by atoms with Gasteiger partial charge in [0.2, 0.25) is 0 Å². The van der Waals surface area contributed by atoms with E-state index in [1.807, 2.05) is 0 Å². The number of fused-ring (bicyclic) bond motifs is 2. The SMILES string of the molecule is C=C1CCCC(=C)[C@H]2C=C[C@@H]1C2. The van der Waals surface area contributed by atoms with Crippen molar-refractivity contribution in [2.45, 2.75) is 25.7 Å². The van der Waals surface area contributed by atoms with Crippen molar-refractivity contribution < 1.29 is 0 Å². The van der Waals surface area contributed by atoms with Crippen LogP contribution in [0.3, 0.4) is 0 Å². The Bertz CT molecular complexity index is 221. The Kier molecular flexibility index (Phi) is 1.92. The van der Waals surface area contributed by atoms with Crippen LogP contribution in [-0.2, 0) is 0 Å². The molecule has 0 amide bonds. The van der Waals surface area contributed by atoms with E-state index in [-0.39, 0.29) is 0 Å². The average Bonchev–Trinajstić information content (AvgIpc) is 2.51. The molecule has 64 valence electrons. The molecule has 0 spiro atoms.